The highest BCUT2D eigenvalue weighted by Gasteiger charge is 2.60. The van der Waals surface area contributed by atoms with Crippen LogP contribution in [-0.2, 0) is 9.53 Å². The smallest absolute Gasteiger partial charge is 0.434 e. The number of piperazine rings is 1. The van der Waals surface area contributed by atoms with Gasteiger partial charge in [0.1, 0.15) is 6.04 Å². The van der Waals surface area contributed by atoms with Gasteiger partial charge in [0.05, 0.1) is 0 Å². The Morgan fingerprint density at radius 3 is 2.03 bits per heavy atom. The standard InChI is InChI=1S/C21H18F6N2O3/c22-20(23,24)19(21(25,26)27)32-18(31)16-12-28-10-11-29(16)17(30)15-8-6-14(7-9-15)13-4-2-1-3-5-13/h1-9,16,19,28H,10-12H2. The fraction of sp³-hybridized carbons (Fsp3) is 0.333. The number of alkyl halides is 6. The van der Waals surface area contributed by atoms with E-state index in [4.69, 9.17) is 0 Å². The lowest BCUT2D eigenvalue weighted by Crippen LogP contribution is -2.59. The third-order valence-electron chi connectivity index (χ3n) is 4.84. The second kappa shape index (κ2) is 9.19. The van der Waals surface area contributed by atoms with E-state index in [9.17, 15) is 35.9 Å². The quantitative estimate of drug-likeness (QED) is 0.557. The summed E-state index contributed by atoms with van der Waals surface area (Å²) in [6, 6.07) is 13.8. The molecule has 11 heteroatoms. The molecule has 1 heterocycles. The number of rotatable bonds is 4. The lowest BCUT2D eigenvalue weighted by molar-refractivity contribution is -0.314. The average Bonchev–Trinajstić information content (AvgIpc) is 2.76. The number of nitrogens with zero attached hydrogens (tertiary/aromatic N) is 1. The molecule has 1 saturated heterocycles. The number of benzene rings is 2. The Hall–Kier alpha value is -3.08. The van der Waals surface area contributed by atoms with E-state index in [2.05, 4.69) is 10.1 Å². The zero-order valence-corrected chi connectivity index (χ0v) is 16.4. The van der Waals surface area contributed by atoms with Crippen LogP contribution in [-0.4, -0.2) is 60.9 Å². The van der Waals surface area contributed by atoms with Crippen molar-refractivity contribution in [2.24, 2.45) is 0 Å². The fourth-order valence-corrected chi connectivity index (χ4v) is 3.27. The van der Waals surface area contributed by atoms with Crippen LogP contribution < -0.4 is 5.32 Å². The van der Waals surface area contributed by atoms with Gasteiger partial charge in [-0.3, -0.25) is 4.79 Å². The van der Waals surface area contributed by atoms with Crippen molar-refractivity contribution in [3.8, 4) is 11.1 Å². The van der Waals surface area contributed by atoms with Crippen molar-refractivity contribution in [1.29, 1.82) is 0 Å². The molecule has 1 N–H and O–H groups in total. The second-order valence-corrected chi connectivity index (χ2v) is 7.06. The summed E-state index contributed by atoms with van der Waals surface area (Å²) < 4.78 is 80.3. The lowest BCUT2D eigenvalue weighted by atomic mass is 10.0. The first-order valence-corrected chi connectivity index (χ1v) is 9.49. The number of esters is 1. The molecular weight excluding hydrogens is 442 g/mol. The molecule has 0 spiro atoms. The molecule has 0 radical (unpaired) electrons. The highest BCUT2D eigenvalue weighted by molar-refractivity contribution is 5.97. The van der Waals surface area contributed by atoms with Crippen LogP contribution in [0.1, 0.15) is 10.4 Å². The van der Waals surface area contributed by atoms with Gasteiger partial charge in [0.25, 0.3) is 12.0 Å². The maximum absolute atomic E-state index is 12.9. The first-order valence-electron chi connectivity index (χ1n) is 9.49. The molecule has 1 aliphatic rings. The third-order valence-corrected chi connectivity index (χ3v) is 4.84. The zero-order valence-electron chi connectivity index (χ0n) is 16.4. The van der Waals surface area contributed by atoms with Gasteiger partial charge in [-0.15, -0.1) is 0 Å². The molecule has 2 aromatic rings. The van der Waals surface area contributed by atoms with Crippen molar-refractivity contribution >= 4 is 11.9 Å². The van der Waals surface area contributed by atoms with Gasteiger partial charge in [0.15, 0.2) is 0 Å². The molecule has 32 heavy (non-hydrogen) atoms. The third kappa shape index (κ3) is 5.39. The van der Waals surface area contributed by atoms with Crippen LogP contribution in [0.4, 0.5) is 26.3 Å². The van der Waals surface area contributed by atoms with Gasteiger partial charge in [0.2, 0.25) is 0 Å². The Bertz CT molecular complexity index is 931. The summed E-state index contributed by atoms with van der Waals surface area (Å²) in [5, 5.41) is 2.68. The van der Waals surface area contributed by atoms with Gasteiger partial charge in [-0.1, -0.05) is 42.5 Å². The van der Waals surface area contributed by atoms with Crippen molar-refractivity contribution in [3.63, 3.8) is 0 Å². The molecule has 5 nitrogen and oxygen atoms in total. The minimum absolute atomic E-state index is 0.0955. The predicted molar refractivity (Wildman–Crippen MR) is 102 cm³/mol. The van der Waals surface area contributed by atoms with E-state index in [1.165, 1.54) is 12.1 Å². The van der Waals surface area contributed by atoms with Crippen molar-refractivity contribution in [1.82, 2.24) is 10.2 Å². The number of ether oxygens (including phenoxy) is 1. The zero-order chi connectivity index (χ0) is 23.5. The molecule has 1 atom stereocenters. The predicted octanol–water partition coefficient (Wildman–Crippen LogP) is 3.80. The van der Waals surface area contributed by atoms with Gasteiger partial charge in [-0.05, 0) is 23.3 Å². The SMILES string of the molecule is O=C(OC(C(F)(F)F)C(F)(F)F)C1CNCCN1C(=O)c1ccc(-c2ccccc2)cc1. The topological polar surface area (TPSA) is 58.6 Å². The van der Waals surface area contributed by atoms with Gasteiger partial charge < -0.3 is 15.0 Å². The molecule has 0 aromatic heterocycles. The number of carbonyl (C=O) groups excluding carboxylic acids is 2. The average molecular weight is 460 g/mol. The van der Waals surface area contributed by atoms with Crippen LogP contribution in [0.3, 0.4) is 0 Å². The molecule has 0 saturated carbocycles. The van der Waals surface area contributed by atoms with Crippen LogP contribution in [0.25, 0.3) is 11.1 Å². The van der Waals surface area contributed by atoms with Crippen molar-refractivity contribution in [2.75, 3.05) is 19.6 Å². The maximum atomic E-state index is 12.9. The van der Waals surface area contributed by atoms with E-state index in [-0.39, 0.29) is 25.2 Å². The summed E-state index contributed by atoms with van der Waals surface area (Å²) in [6.07, 6.45) is -15.9. The number of amides is 1. The number of hydrogen-bond donors (Lipinski definition) is 1. The molecule has 2 aromatic carbocycles. The Balaban J connectivity index is 1.78. The second-order valence-electron chi connectivity index (χ2n) is 7.06. The van der Waals surface area contributed by atoms with Gasteiger partial charge in [0, 0.05) is 25.2 Å². The van der Waals surface area contributed by atoms with Crippen molar-refractivity contribution in [3.05, 3.63) is 60.2 Å². The summed E-state index contributed by atoms with van der Waals surface area (Å²) in [7, 11) is 0. The minimum atomic E-state index is -5.84. The first kappa shape index (κ1) is 23.6. The van der Waals surface area contributed by atoms with Crippen LogP contribution in [0, 0.1) is 0 Å². The minimum Gasteiger partial charge on any atom is -0.441 e. The normalized spacial score (nSPS) is 17.3. The molecule has 1 unspecified atom stereocenters. The molecule has 1 fully saturated rings. The summed E-state index contributed by atoms with van der Waals surface area (Å²) in [5.41, 5.74) is 1.82. The van der Waals surface area contributed by atoms with E-state index in [0.717, 1.165) is 16.0 Å². The van der Waals surface area contributed by atoms with Crippen LogP contribution in [0.2, 0.25) is 0 Å². The van der Waals surface area contributed by atoms with Crippen LogP contribution in [0.5, 0.6) is 0 Å². The molecule has 172 valence electrons. The number of carbonyl (C=O) groups is 2. The molecule has 0 aliphatic carbocycles. The van der Waals surface area contributed by atoms with Crippen molar-refractivity contribution < 1.29 is 40.7 Å². The van der Waals surface area contributed by atoms with Crippen molar-refractivity contribution in [2.45, 2.75) is 24.5 Å². The van der Waals surface area contributed by atoms with Crippen LogP contribution >= 0.6 is 0 Å². The lowest BCUT2D eigenvalue weighted by Gasteiger charge is -2.35. The molecule has 0 bridgehead atoms. The van der Waals surface area contributed by atoms with E-state index in [1.807, 2.05) is 30.3 Å². The Labute approximate surface area is 179 Å². The highest BCUT2D eigenvalue weighted by atomic mass is 19.4. The van der Waals surface area contributed by atoms with E-state index < -0.39 is 36.4 Å². The molecule has 1 aliphatic heterocycles. The van der Waals surface area contributed by atoms with Crippen LogP contribution in [0.15, 0.2) is 54.6 Å². The molecule has 1 amide bonds. The van der Waals surface area contributed by atoms with E-state index >= 15 is 0 Å². The summed E-state index contributed by atoms with van der Waals surface area (Å²) in [4.78, 5) is 26.0. The maximum Gasteiger partial charge on any atom is 0.434 e. The molecular formula is C21H18F6N2O3. The Morgan fingerprint density at radius 1 is 0.906 bits per heavy atom. The van der Waals surface area contributed by atoms with E-state index in [1.54, 1.807) is 12.1 Å². The number of halogens is 6. The van der Waals surface area contributed by atoms with Gasteiger partial charge in [-0.2, -0.15) is 26.3 Å². The van der Waals surface area contributed by atoms with E-state index in [0.29, 0.717) is 0 Å². The number of nitrogens with one attached hydrogen (secondary N) is 1. The monoisotopic (exact) mass is 460 g/mol. The summed E-state index contributed by atoms with van der Waals surface area (Å²) in [5.74, 6) is -2.49. The van der Waals surface area contributed by atoms with Gasteiger partial charge in [-0.25, -0.2) is 4.79 Å². The first-order chi connectivity index (χ1) is 15.0. The Kier molecular flexibility index (Phi) is 6.77. The number of hydrogen-bond acceptors (Lipinski definition) is 4. The summed E-state index contributed by atoms with van der Waals surface area (Å²) in [6.45, 7) is -0.226. The fourth-order valence-electron chi connectivity index (χ4n) is 3.27. The summed E-state index contributed by atoms with van der Waals surface area (Å²) >= 11 is 0. The Morgan fingerprint density at radius 2 is 1.47 bits per heavy atom. The largest absolute Gasteiger partial charge is 0.441 e. The molecule has 3 rings (SSSR count). The highest BCUT2D eigenvalue weighted by Crippen LogP contribution is 2.36. The van der Waals surface area contributed by atoms with Gasteiger partial charge >= 0.3 is 18.3 Å².